The summed E-state index contributed by atoms with van der Waals surface area (Å²) in [5.41, 5.74) is 3.07. The molecule has 0 unspecified atom stereocenters. The zero-order chi connectivity index (χ0) is 19.0. The van der Waals surface area contributed by atoms with Crippen LogP contribution in [0.15, 0.2) is 46.0 Å². The molecule has 3 aromatic rings. The van der Waals surface area contributed by atoms with E-state index in [0.717, 1.165) is 15.2 Å². The molecule has 0 bridgehead atoms. The van der Waals surface area contributed by atoms with E-state index in [1.807, 2.05) is 29.8 Å². The van der Waals surface area contributed by atoms with E-state index in [1.165, 1.54) is 17.4 Å². The molecule has 0 radical (unpaired) electrons. The van der Waals surface area contributed by atoms with Crippen molar-refractivity contribution in [3.05, 3.63) is 63.5 Å². The summed E-state index contributed by atoms with van der Waals surface area (Å²) in [6.45, 7) is 2.77. The summed E-state index contributed by atoms with van der Waals surface area (Å²) in [5.74, 6) is -0.0552. The molecule has 3 heterocycles. The van der Waals surface area contributed by atoms with E-state index in [-0.39, 0.29) is 23.0 Å². The van der Waals surface area contributed by atoms with Crippen LogP contribution < -0.4 is 10.6 Å². The second kappa shape index (κ2) is 6.91. The van der Waals surface area contributed by atoms with Crippen LogP contribution >= 0.6 is 11.3 Å². The molecule has 4 rings (SSSR count). The molecular formula is C18H18N4O3S2. The van der Waals surface area contributed by atoms with Gasteiger partial charge < -0.3 is 10.6 Å². The molecular weight excluding hydrogens is 384 g/mol. The van der Waals surface area contributed by atoms with Gasteiger partial charge in [0.15, 0.2) is 5.82 Å². The molecule has 1 amide bonds. The number of carbonyl (C=O) groups excluding carboxylic acids is 1. The average molecular weight is 403 g/mol. The maximum absolute atomic E-state index is 13.1. The van der Waals surface area contributed by atoms with Crippen molar-refractivity contribution in [2.75, 3.05) is 5.32 Å². The van der Waals surface area contributed by atoms with Crippen molar-refractivity contribution in [1.29, 1.82) is 0 Å². The number of nitrogens with one attached hydrogen (secondary N) is 2. The molecule has 1 aromatic carbocycles. The number of benzene rings is 1. The van der Waals surface area contributed by atoms with Gasteiger partial charge in [0.05, 0.1) is 17.0 Å². The molecule has 0 aliphatic carbocycles. The molecule has 9 heteroatoms. The molecule has 140 valence electrons. The number of aromatic nitrogens is 2. The van der Waals surface area contributed by atoms with Crippen molar-refractivity contribution in [3.63, 3.8) is 0 Å². The minimum absolute atomic E-state index is 0.143. The van der Waals surface area contributed by atoms with Crippen molar-refractivity contribution in [2.45, 2.75) is 31.3 Å². The van der Waals surface area contributed by atoms with E-state index < -0.39 is 10.0 Å². The van der Waals surface area contributed by atoms with Gasteiger partial charge in [0.1, 0.15) is 0 Å². The van der Waals surface area contributed by atoms with Crippen LogP contribution in [0.2, 0.25) is 0 Å². The van der Waals surface area contributed by atoms with Gasteiger partial charge >= 0.3 is 0 Å². The Bertz CT molecular complexity index is 1100. The maximum Gasteiger partial charge on any atom is 0.284 e. The Morgan fingerprint density at radius 1 is 1.33 bits per heavy atom. The van der Waals surface area contributed by atoms with E-state index in [4.69, 9.17) is 0 Å². The quantitative estimate of drug-likeness (QED) is 0.683. The minimum Gasteiger partial charge on any atom is -0.309 e. The number of amides is 1. The Kier molecular flexibility index (Phi) is 4.58. The SMILES string of the molecule is Cc1cccc(S(=O)(=O)n2nc3c(c2NC(=O)Cc2ccsc2)CNC3)c1. The molecule has 0 saturated carbocycles. The molecule has 1 aliphatic heterocycles. The van der Waals surface area contributed by atoms with E-state index in [9.17, 15) is 13.2 Å². The Balaban J connectivity index is 1.72. The van der Waals surface area contributed by atoms with Crippen LogP contribution in [-0.4, -0.2) is 23.5 Å². The fourth-order valence-electron chi connectivity index (χ4n) is 3.03. The molecule has 0 spiro atoms. The highest BCUT2D eigenvalue weighted by Crippen LogP contribution is 2.28. The van der Waals surface area contributed by atoms with Crippen molar-refractivity contribution < 1.29 is 13.2 Å². The highest BCUT2D eigenvalue weighted by molar-refractivity contribution is 7.90. The second-order valence-electron chi connectivity index (χ2n) is 6.40. The predicted octanol–water partition coefficient (Wildman–Crippen LogP) is 2.27. The number of thiophene rings is 1. The predicted molar refractivity (Wildman–Crippen MR) is 103 cm³/mol. The third kappa shape index (κ3) is 3.41. The summed E-state index contributed by atoms with van der Waals surface area (Å²) in [6.07, 6.45) is 0.182. The zero-order valence-corrected chi connectivity index (χ0v) is 16.2. The molecule has 7 nitrogen and oxygen atoms in total. The van der Waals surface area contributed by atoms with Crippen molar-refractivity contribution in [3.8, 4) is 0 Å². The Labute approximate surface area is 161 Å². The van der Waals surface area contributed by atoms with Gasteiger partial charge in [-0.15, -0.1) is 4.09 Å². The van der Waals surface area contributed by atoms with Gasteiger partial charge in [-0.05, 0) is 47.0 Å². The maximum atomic E-state index is 13.1. The molecule has 0 saturated heterocycles. The first-order valence-corrected chi connectivity index (χ1v) is 10.8. The number of fused-ring (bicyclic) bond motifs is 1. The summed E-state index contributed by atoms with van der Waals surface area (Å²) in [5, 5.41) is 14.0. The number of hydrogen-bond donors (Lipinski definition) is 2. The largest absolute Gasteiger partial charge is 0.309 e. The van der Waals surface area contributed by atoms with E-state index in [1.54, 1.807) is 12.1 Å². The number of nitrogens with zero attached hydrogens (tertiary/aromatic N) is 2. The lowest BCUT2D eigenvalue weighted by Crippen LogP contribution is -2.23. The first-order chi connectivity index (χ1) is 12.9. The molecule has 2 aromatic heterocycles. The molecule has 0 atom stereocenters. The summed E-state index contributed by atoms with van der Waals surface area (Å²) in [7, 11) is -3.91. The van der Waals surface area contributed by atoms with Crippen molar-refractivity contribution >= 4 is 33.1 Å². The average Bonchev–Trinajstić information content (AvgIpc) is 3.34. The summed E-state index contributed by atoms with van der Waals surface area (Å²) in [4.78, 5) is 12.6. The number of anilines is 1. The topological polar surface area (TPSA) is 93.1 Å². The number of rotatable bonds is 5. The number of carbonyl (C=O) groups is 1. The lowest BCUT2D eigenvalue weighted by molar-refractivity contribution is -0.115. The smallest absolute Gasteiger partial charge is 0.284 e. The van der Waals surface area contributed by atoms with Crippen LogP contribution in [0.4, 0.5) is 5.82 Å². The number of aryl methyl sites for hydroxylation is 1. The molecule has 2 N–H and O–H groups in total. The highest BCUT2D eigenvalue weighted by Gasteiger charge is 2.30. The van der Waals surface area contributed by atoms with Gasteiger partial charge in [0.2, 0.25) is 5.91 Å². The summed E-state index contributed by atoms with van der Waals surface area (Å²) >= 11 is 1.51. The van der Waals surface area contributed by atoms with Crippen LogP contribution in [0.3, 0.4) is 0 Å². The van der Waals surface area contributed by atoms with E-state index in [0.29, 0.717) is 24.3 Å². The first kappa shape index (κ1) is 17.9. The third-order valence-electron chi connectivity index (χ3n) is 4.35. The lowest BCUT2D eigenvalue weighted by atomic mass is 10.2. The van der Waals surface area contributed by atoms with E-state index in [2.05, 4.69) is 15.7 Å². The Morgan fingerprint density at radius 3 is 2.93 bits per heavy atom. The summed E-state index contributed by atoms with van der Waals surface area (Å²) < 4.78 is 27.2. The van der Waals surface area contributed by atoms with Crippen LogP contribution in [0.5, 0.6) is 0 Å². The van der Waals surface area contributed by atoms with Gasteiger partial charge in [-0.2, -0.15) is 24.9 Å². The number of hydrogen-bond acceptors (Lipinski definition) is 6. The Morgan fingerprint density at radius 2 is 2.19 bits per heavy atom. The fourth-order valence-corrected chi connectivity index (χ4v) is 5.09. The lowest BCUT2D eigenvalue weighted by Gasteiger charge is -2.12. The van der Waals surface area contributed by atoms with Crippen molar-refractivity contribution in [1.82, 2.24) is 14.5 Å². The standard InChI is InChI=1S/C18H18N4O3S2/c1-12-3-2-4-14(7-12)27(24,25)22-18(15-9-19-10-16(15)21-22)20-17(23)8-13-5-6-26-11-13/h2-7,11,19H,8-10H2,1H3,(H,20,23). The van der Waals surface area contributed by atoms with Crippen LogP contribution in [0.1, 0.15) is 22.4 Å². The fraction of sp³-hybridized carbons (Fsp3) is 0.222. The monoisotopic (exact) mass is 402 g/mol. The third-order valence-corrected chi connectivity index (χ3v) is 6.65. The van der Waals surface area contributed by atoms with Gasteiger partial charge in [-0.3, -0.25) is 4.79 Å². The van der Waals surface area contributed by atoms with Crippen LogP contribution in [-0.2, 0) is 34.3 Å². The van der Waals surface area contributed by atoms with Gasteiger partial charge in [-0.25, -0.2) is 0 Å². The first-order valence-electron chi connectivity index (χ1n) is 8.40. The van der Waals surface area contributed by atoms with Gasteiger partial charge in [0, 0.05) is 18.7 Å². The van der Waals surface area contributed by atoms with Crippen molar-refractivity contribution in [2.24, 2.45) is 0 Å². The second-order valence-corrected chi connectivity index (χ2v) is 8.95. The van der Waals surface area contributed by atoms with Crippen LogP contribution in [0, 0.1) is 6.92 Å². The normalized spacial score (nSPS) is 13.5. The molecule has 27 heavy (non-hydrogen) atoms. The highest BCUT2D eigenvalue weighted by atomic mass is 32.2. The zero-order valence-electron chi connectivity index (χ0n) is 14.6. The van der Waals surface area contributed by atoms with Crippen LogP contribution in [0.25, 0.3) is 0 Å². The molecule has 0 fully saturated rings. The molecule has 1 aliphatic rings. The Hall–Kier alpha value is -2.49. The minimum atomic E-state index is -3.91. The van der Waals surface area contributed by atoms with Gasteiger partial charge in [0.25, 0.3) is 10.0 Å². The van der Waals surface area contributed by atoms with Gasteiger partial charge in [-0.1, -0.05) is 12.1 Å². The van der Waals surface area contributed by atoms with E-state index >= 15 is 0 Å². The summed E-state index contributed by atoms with van der Waals surface area (Å²) in [6, 6.07) is 8.52.